The molecule has 0 atom stereocenters. The van der Waals surface area contributed by atoms with Crippen molar-refractivity contribution in [2.75, 3.05) is 78.9 Å². The number of pyridine rings is 3. The Morgan fingerprint density at radius 3 is 0.852 bits per heavy atom. The molecule has 0 aromatic carbocycles. The third kappa shape index (κ3) is 16.9. The van der Waals surface area contributed by atoms with Crippen LogP contribution in [0.2, 0.25) is 0 Å². The van der Waals surface area contributed by atoms with Gasteiger partial charge in [-0.3, -0.25) is 29.1 Å². The van der Waals surface area contributed by atoms with Gasteiger partial charge in [-0.1, -0.05) is 0 Å². The van der Waals surface area contributed by atoms with E-state index >= 15 is 0 Å². The Labute approximate surface area is 352 Å². The second-order valence-electron chi connectivity index (χ2n) is 13.8. The van der Waals surface area contributed by atoms with Gasteiger partial charge in [0.1, 0.15) is 19.6 Å². The van der Waals surface area contributed by atoms with Crippen LogP contribution in [0.15, 0.2) is 51.2 Å². The fourth-order valence-electron chi connectivity index (χ4n) is 6.25. The van der Waals surface area contributed by atoms with Crippen molar-refractivity contribution in [2.45, 2.75) is 57.8 Å². The Morgan fingerprint density at radius 2 is 0.656 bits per heavy atom. The van der Waals surface area contributed by atoms with Gasteiger partial charge in [0, 0.05) is 113 Å². The maximum atomic E-state index is 12.5. The quantitative estimate of drug-likeness (QED) is 0.213. The molecule has 6 rings (SSSR count). The third-order valence-corrected chi connectivity index (χ3v) is 9.26. The van der Waals surface area contributed by atoms with Gasteiger partial charge < -0.3 is 43.2 Å². The first kappa shape index (κ1) is 51.3. The van der Waals surface area contributed by atoms with Crippen molar-refractivity contribution in [2.24, 2.45) is 0 Å². The summed E-state index contributed by atoms with van der Waals surface area (Å²) in [4.78, 5) is 39.7. The van der Waals surface area contributed by atoms with Gasteiger partial charge in [0.15, 0.2) is 17.2 Å². The van der Waals surface area contributed by atoms with E-state index in [1.165, 1.54) is 0 Å². The number of hydrogen-bond acceptors (Lipinski definition) is 12. The molecular formula is C36H45F9FeN6O9. The number of aromatic hydroxyl groups is 3. The molecule has 0 saturated carbocycles. The molecule has 61 heavy (non-hydrogen) atoms. The van der Waals surface area contributed by atoms with Crippen molar-refractivity contribution in [3.8, 4) is 17.2 Å². The van der Waals surface area contributed by atoms with Crippen LogP contribution in [0.5, 0.6) is 17.2 Å². The monoisotopic (exact) mass is 932 g/mol. The number of alkyl halides is 9. The van der Waals surface area contributed by atoms with Crippen molar-refractivity contribution in [3.05, 3.63) is 84.5 Å². The number of halogens is 9. The van der Waals surface area contributed by atoms with Crippen LogP contribution in [0.1, 0.15) is 17.1 Å². The first-order chi connectivity index (χ1) is 28.1. The molecule has 0 unspecified atom stereocenters. The van der Waals surface area contributed by atoms with E-state index < -0.39 is 71.7 Å². The molecule has 0 radical (unpaired) electrons. The zero-order valence-corrected chi connectivity index (χ0v) is 33.5. The van der Waals surface area contributed by atoms with E-state index in [2.05, 4.69) is 0 Å². The standard InChI is InChI=1S/3C12H15F3N2O3.Fe/c3*13-12(14,15)8-17-2-1-10(18)11(19)9(17)7-16-3-5-20-6-4-16;/h3*1-2,19H,3-8H2;. The number of ether oxygens (including phenoxy) is 3. The molecule has 3 saturated heterocycles. The molecule has 3 fully saturated rings. The Morgan fingerprint density at radius 1 is 0.443 bits per heavy atom. The van der Waals surface area contributed by atoms with Crippen LogP contribution in [0.4, 0.5) is 39.5 Å². The summed E-state index contributed by atoms with van der Waals surface area (Å²) in [5.74, 6) is -1.87. The van der Waals surface area contributed by atoms with Crippen LogP contribution in [0, 0.1) is 0 Å². The molecule has 3 aliphatic heterocycles. The van der Waals surface area contributed by atoms with E-state index in [0.717, 1.165) is 50.5 Å². The van der Waals surface area contributed by atoms with Gasteiger partial charge in [0.25, 0.3) is 0 Å². The minimum atomic E-state index is -4.42. The second-order valence-corrected chi connectivity index (χ2v) is 13.8. The number of aromatic nitrogens is 3. The van der Waals surface area contributed by atoms with Gasteiger partial charge in [-0.2, -0.15) is 39.5 Å². The number of hydrogen-bond donors (Lipinski definition) is 3. The predicted octanol–water partition coefficient (Wildman–Crippen LogP) is 2.84. The van der Waals surface area contributed by atoms with E-state index in [4.69, 9.17) is 14.2 Å². The van der Waals surface area contributed by atoms with Crippen LogP contribution < -0.4 is 16.3 Å². The Hall–Kier alpha value is -4.10. The molecule has 25 heteroatoms. The molecular weight excluding hydrogens is 887 g/mol. The van der Waals surface area contributed by atoms with Gasteiger partial charge in [-0.05, 0) is 0 Å². The van der Waals surface area contributed by atoms with Gasteiger partial charge in [0.2, 0.25) is 16.3 Å². The van der Waals surface area contributed by atoms with Crippen molar-refractivity contribution in [1.82, 2.24) is 28.4 Å². The molecule has 0 bridgehead atoms. The SMILES string of the molecule is O=c1ccn(CC(F)(F)F)c(CN2CCOCC2)c1O.O=c1ccn(CC(F)(F)F)c(CN2CCOCC2)c1O.O=c1ccn(CC(F)(F)F)c(CN2CCOCC2)c1O.[Fe]. The normalized spacial score (nSPS) is 17.1. The van der Waals surface area contributed by atoms with E-state index in [1.54, 1.807) is 0 Å². The summed E-state index contributed by atoms with van der Waals surface area (Å²) in [5.41, 5.74) is -2.07. The number of morpholine rings is 3. The number of nitrogens with zero attached hydrogens (tertiary/aromatic N) is 6. The summed E-state index contributed by atoms with van der Waals surface area (Å²) in [6.45, 7) is 2.75. The van der Waals surface area contributed by atoms with Crippen LogP contribution in [0.25, 0.3) is 0 Å². The minimum absolute atomic E-state index is 0. The van der Waals surface area contributed by atoms with Crippen molar-refractivity contribution < 1.29 is 86.1 Å². The van der Waals surface area contributed by atoms with Crippen LogP contribution in [0.3, 0.4) is 0 Å². The van der Waals surface area contributed by atoms with E-state index in [1.807, 2.05) is 14.7 Å². The van der Waals surface area contributed by atoms with Crippen molar-refractivity contribution in [3.63, 3.8) is 0 Å². The summed E-state index contributed by atoms with van der Waals surface area (Å²) >= 11 is 0. The second kappa shape index (κ2) is 22.8. The summed E-state index contributed by atoms with van der Waals surface area (Å²) in [6.07, 6.45) is -10.1. The number of rotatable bonds is 9. The molecule has 0 amide bonds. The molecule has 344 valence electrons. The average Bonchev–Trinajstić information content (AvgIpc) is 3.18. The average molecular weight is 933 g/mol. The first-order valence-electron chi connectivity index (χ1n) is 18.4. The Kier molecular flexibility index (Phi) is 19.2. The first-order valence-corrected chi connectivity index (χ1v) is 18.4. The fraction of sp³-hybridized carbons (Fsp3) is 0.583. The summed E-state index contributed by atoms with van der Waals surface area (Å²) in [5, 5.41) is 29.2. The predicted molar refractivity (Wildman–Crippen MR) is 194 cm³/mol. The topological polar surface area (TPSA) is 164 Å². The van der Waals surface area contributed by atoms with Gasteiger partial charge in [-0.25, -0.2) is 0 Å². The van der Waals surface area contributed by atoms with Crippen molar-refractivity contribution in [1.29, 1.82) is 0 Å². The minimum Gasteiger partial charge on any atom is -0.503 e. The smallest absolute Gasteiger partial charge is 0.406 e. The van der Waals surface area contributed by atoms with E-state index in [-0.39, 0.29) is 53.8 Å². The summed E-state index contributed by atoms with van der Waals surface area (Å²) < 4.78 is 131. The van der Waals surface area contributed by atoms with Gasteiger partial charge >= 0.3 is 18.5 Å². The largest absolute Gasteiger partial charge is 0.503 e. The van der Waals surface area contributed by atoms with Gasteiger partial charge in [0.05, 0.1) is 56.7 Å². The molecule has 6 heterocycles. The van der Waals surface area contributed by atoms with Crippen LogP contribution in [-0.4, -0.2) is 141 Å². The third-order valence-electron chi connectivity index (χ3n) is 9.26. The maximum Gasteiger partial charge on any atom is 0.406 e. The van der Waals surface area contributed by atoms with Gasteiger partial charge in [-0.15, -0.1) is 0 Å². The molecule has 3 N–H and O–H groups in total. The Bertz CT molecular complexity index is 1800. The molecule has 0 spiro atoms. The maximum absolute atomic E-state index is 12.5. The molecule has 3 aromatic heterocycles. The van der Waals surface area contributed by atoms with E-state index in [0.29, 0.717) is 78.9 Å². The van der Waals surface area contributed by atoms with Crippen LogP contribution >= 0.6 is 0 Å². The molecule has 3 aromatic rings. The van der Waals surface area contributed by atoms with E-state index in [9.17, 15) is 69.2 Å². The zero-order chi connectivity index (χ0) is 44.3. The molecule has 15 nitrogen and oxygen atoms in total. The fourth-order valence-corrected chi connectivity index (χ4v) is 6.25. The Balaban J connectivity index is 0.000000242. The molecule has 0 aliphatic carbocycles. The summed E-state index contributed by atoms with van der Waals surface area (Å²) in [7, 11) is 0. The van der Waals surface area contributed by atoms with Crippen LogP contribution in [-0.2, 0) is 70.5 Å². The molecule has 3 aliphatic rings. The van der Waals surface area contributed by atoms with Crippen molar-refractivity contribution >= 4 is 0 Å². The summed E-state index contributed by atoms with van der Waals surface area (Å²) in [6, 6.07) is 2.80. The zero-order valence-electron chi connectivity index (χ0n) is 32.4.